The van der Waals surface area contributed by atoms with Crippen LogP contribution >= 0.6 is 0 Å². The molecule has 1 aliphatic rings. The third kappa shape index (κ3) is 2.92. The van der Waals surface area contributed by atoms with Crippen molar-refractivity contribution >= 4 is 5.78 Å². The summed E-state index contributed by atoms with van der Waals surface area (Å²) in [4.78, 5) is 12.0. The highest BCUT2D eigenvalue weighted by Crippen LogP contribution is 2.11. The summed E-state index contributed by atoms with van der Waals surface area (Å²) < 4.78 is 1.74. The van der Waals surface area contributed by atoms with E-state index < -0.39 is 0 Å². The summed E-state index contributed by atoms with van der Waals surface area (Å²) in [5.74, 6) is 0.301. The van der Waals surface area contributed by atoms with Crippen molar-refractivity contribution in [3.05, 3.63) is 18.0 Å². The number of hydrogen-bond acceptors (Lipinski definition) is 3. The third-order valence-electron chi connectivity index (χ3n) is 3.09. The molecule has 1 saturated heterocycles. The molecular weight excluding hydrogens is 202 g/mol. The quantitative estimate of drug-likeness (QED) is 0.830. The average Bonchev–Trinajstić information content (AvgIpc) is 2.56. The van der Waals surface area contributed by atoms with Crippen molar-refractivity contribution in [1.82, 2.24) is 15.1 Å². The van der Waals surface area contributed by atoms with Crippen molar-refractivity contribution in [3.63, 3.8) is 0 Å². The molecule has 4 heteroatoms. The van der Waals surface area contributed by atoms with Crippen molar-refractivity contribution in [2.45, 2.75) is 38.1 Å². The SMILES string of the molecule is Cn1cc(CC(=O)C2CCCCCN2)cn1. The molecule has 4 nitrogen and oxygen atoms in total. The van der Waals surface area contributed by atoms with Gasteiger partial charge >= 0.3 is 0 Å². The fourth-order valence-corrected chi connectivity index (χ4v) is 2.19. The molecule has 0 aromatic carbocycles. The molecule has 1 unspecified atom stereocenters. The standard InChI is InChI=1S/C12H19N3O/c1-15-9-10(8-14-15)7-12(16)11-5-3-2-4-6-13-11/h8-9,11,13H,2-7H2,1H3. The van der Waals surface area contributed by atoms with Crippen LogP contribution in [0.2, 0.25) is 0 Å². The number of ketones is 1. The van der Waals surface area contributed by atoms with E-state index >= 15 is 0 Å². The summed E-state index contributed by atoms with van der Waals surface area (Å²) in [6.07, 6.45) is 8.77. The van der Waals surface area contributed by atoms with E-state index in [4.69, 9.17) is 0 Å². The first-order chi connectivity index (χ1) is 7.75. The second-order valence-corrected chi connectivity index (χ2v) is 4.52. The molecule has 1 aliphatic heterocycles. The molecule has 1 aromatic rings. The van der Waals surface area contributed by atoms with E-state index in [2.05, 4.69) is 10.4 Å². The van der Waals surface area contributed by atoms with Crippen LogP contribution in [-0.4, -0.2) is 28.2 Å². The van der Waals surface area contributed by atoms with Gasteiger partial charge in [-0.15, -0.1) is 0 Å². The fourth-order valence-electron chi connectivity index (χ4n) is 2.19. The Bertz CT molecular complexity index is 351. The van der Waals surface area contributed by atoms with Crippen LogP contribution in [0.4, 0.5) is 0 Å². The number of rotatable bonds is 3. The minimum absolute atomic E-state index is 0.0581. The molecule has 0 spiro atoms. The van der Waals surface area contributed by atoms with Crippen molar-refractivity contribution in [1.29, 1.82) is 0 Å². The highest BCUT2D eigenvalue weighted by atomic mass is 16.1. The van der Waals surface area contributed by atoms with Crippen LogP contribution in [0.5, 0.6) is 0 Å². The molecular formula is C12H19N3O. The highest BCUT2D eigenvalue weighted by molar-refractivity contribution is 5.86. The van der Waals surface area contributed by atoms with Crippen LogP contribution in [0.25, 0.3) is 0 Å². The minimum atomic E-state index is 0.0581. The summed E-state index contributed by atoms with van der Waals surface area (Å²) in [6, 6.07) is 0.0581. The lowest BCUT2D eigenvalue weighted by Gasteiger charge is -2.13. The van der Waals surface area contributed by atoms with Crippen molar-refractivity contribution in [2.24, 2.45) is 7.05 Å². The Hall–Kier alpha value is -1.16. The number of nitrogens with zero attached hydrogens (tertiary/aromatic N) is 2. The van der Waals surface area contributed by atoms with E-state index in [1.54, 1.807) is 10.9 Å². The molecule has 88 valence electrons. The van der Waals surface area contributed by atoms with Gasteiger partial charge in [-0.25, -0.2) is 0 Å². The van der Waals surface area contributed by atoms with Crippen LogP contribution in [0, 0.1) is 0 Å². The largest absolute Gasteiger partial charge is 0.307 e. The number of carbonyl (C=O) groups excluding carboxylic acids is 1. The van der Waals surface area contributed by atoms with Crippen molar-refractivity contribution < 1.29 is 4.79 Å². The summed E-state index contributed by atoms with van der Waals surface area (Å²) in [5.41, 5.74) is 1.01. The van der Waals surface area contributed by atoms with Gasteiger partial charge in [-0.05, 0) is 24.9 Å². The number of aromatic nitrogens is 2. The molecule has 0 aliphatic carbocycles. The Morgan fingerprint density at radius 2 is 2.44 bits per heavy atom. The lowest BCUT2D eigenvalue weighted by molar-refractivity contribution is -0.120. The molecule has 2 heterocycles. The highest BCUT2D eigenvalue weighted by Gasteiger charge is 2.19. The van der Waals surface area contributed by atoms with Gasteiger partial charge in [0.2, 0.25) is 0 Å². The molecule has 1 aromatic heterocycles. The Labute approximate surface area is 96.0 Å². The molecule has 0 saturated carbocycles. The summed E-state index contributed by atoms with van der Waals surface area (Å²) >= 11 is 0. The second-order valence-electron chi connectivity index (χ2n) is 4.52. The number of nitrogens with one attached hydrogen (secondary N) is 1. The van der Waals surface area contributed by atoms with Gasteiger partial charge in [-0.2, -0.15) is 5.10 Å². The number of carbonyl (C=O) groups is 1. The van der Waals surface area contributed by atoms with Gasteiger partial charge in [-0.1, -0.05) is 12.8 Å². The molecule has 1 N–H and O–H groups in total. The average molecular weight is 221 g/mol. The monoisotopic (exact) mass is 221 g/mol. The lowest BCUT2D eigenvalue weighted by atomic mass is 10.0. The third-order valence-corrected chi connectivity index (χ3v) is 3.09. The topological polar surface area (TPSA) is 46.9 Å². The number of aryl methyl sites for hydroxylation is 1. The zero-order valence-electron chi connectivity index (χ0n) is 9.78. The van der Waals surface area contributed by atoms with Crippen molar-refractivity contribution in [2.75, 3.05) is 6.54 Å². The Morgan fingerprint density at radius 1 is 1.56 bits per heavy atom. The van der Waals surface area contributed by atoms with Crippen LogP contribution in [0.15, 0.2) is 12.4 Å². The van der Waals surface area contributed by atoms with Crippen LogP contribution < -0.4 is 5.32 Å². The van der Waals surface area contributed by atoms with E-state index in [1.807, 2.05) is 13.2 Å². The van der Waals surface area contributed by atoms with E-state index in [9.17, 15) is 4.79 Å². The van der Waals surface area contributed by atoms with Gasteiger partial charge in [0.25, 0.3) is 0 Å². The predicted octanol–water partition coefficient (Wildman–Crippen LogP) is 1.06. The molecule has 0 amide bonds. The van der Waals surface area contributed by atoms with Gasteiger partial charge in [0, 0.05) is 19.7 Å². The first kappa shape index (κ1) is 11.3. The second kappa shape index (κ2) is 5.25. The fraction of sp³-hybridized carbons (Fsp3) is 0.667. The van der Waals surface area contributed by atoms with Crippen LogP contribution in [0.1, 0.15) is 31.2 Å². The minimum Gasteiger partial charge on any atom is -0.307 e. The Kier molecular flexibility index (Phi) is 3.72. The molecule has 0 radical (unpaired) electrons. The first-order valence-electron chi connectivity index (χ1n) is 5.99. The van der Waals surface area contributed by atoms with E-state index in [0.29, 0.717) is 12.2 Å². The molecule has 0 bridgehead atoms. The molecule has 16 heavy (non-hydrogen) atoms. The van der Waals surface area contributed by atoms with Crippen LogP contribution in [-0.2, 0) is 18.3 Å². The maximum atomic E-state index is 12.0. The first-order valence-corrected chi connectivity index (χ1v) is 5.99. The summed E-state index contributed by atoms with van der Waals surface area (Å²) in [7, 11) is 1.87. The zero-order valence-corrected chi connectivity index (χ0v) is 9.78. The Balaban J connectivity index is 1.91. The molecule has 2 rings (SSSR count). The summed E-state index contributed by atoms with van der Waals surface area (Å²) in [5, 5.41) is 7.41. The maximum Gasteiger partial charge on any atom is 0.154 e. The Morgan fingerprint density at radius 3 is 3.19 bits per heavy atom. The van der Waals surface area contributed by atoms with Gasteiger partial charge in [0.15, 0.2) is 5.78 Å². The van der Waals surface area contributed by atoms with Gasteiger partial charge in [0.05, 0.1) is 12.2 Å². The predicted molar refractivity (Wildman–Crippen MR) is 62.2 cm³/mol. The van der Waals surface area contributed by atoms with E-state index in [1.165, 1.54) is 12.8 Å². The number of hydrogen-bond donors (Lipinski definition) is 1. The van der Waals surface area contributed by atoms with Crippen molar-refractivity contribution in [3.8, 4) is 0 Å². The van der Waals surface area contributed by atoms with Crippen LogP contribution in [0.3, 0.4) is 0 Å². The molecule has 1 fully saturated rings. The normalized spacial score (nSPS) is 21.7. The maximum absolute atomic E-state index is 12.0. The van der Waals surface area contributed by atoms with Gasteiger partial charge in [-0.3, -0.25) is 9.48 Å². The zero-order chi connectivity index (χ0) is 11.4. The lowest BCUT2D eigenvalue weighted by Crippen LogP contribution is -2.36. The van der Waals surface area contributed by atoms with Gasteiger partial charge < -0.3 is 5.32 Å². The van der Waals surface area contributed by atoms with E-state index in [-0.39, 0.29) is 6.04 Å². The van der Waals surface area contributed by atoms with E-state index in [0.717, 1.165) is 24.9 Å². The number of Topliss-reactive ketones (excluding diaryl/α,β-unsaturated/α-hetero) is 1. The smallest absolute Gasteiger partial charge is 0.154 e. The summed E-state index contributed by atoms with van der Waals surface area (Å²) in [6.45, 7) is 0.976. The van der Waals surface area contributed by atoms with Gasteiger partial charge in [0.1, 0.15) is 0 Å². The molecule has 1 atom stereocenters.